The fraction of sp³-hybridized carbons (Fsp3) is 0.364. The number of pyridine rings is 1. The molecule has 2 heterocycles. The number of primary amides is 1. The first kappa shape index (κ1) is 11.4. The molecule has 2 amide bonds. The van der Waals surface area contributed by atoms with Crippen LogP contribution in [0.4, 0.5) is 5.82 Å². The third-order valence-electron chi connectivity index (χ3n) is 2.66. The maximum Gasteiger partial charge on any atom is 0.250 e. The Labute approximate surface area is 98.6 Å². The van der Waals surface area contributed by atoms with E-state index < -0.39 is 5.91 Å². The van der Waals surface area contributed by atoms with Crippen LogP contribution in [0.3, 0.4) is 0 Å². The van der Waals surface area contributed by atoms with E-state index in [-0.39, 0.29) is 11.9 Å². The van der Waals surface area contributed by atoms with Crippen molar-refractivity contribution in [2.45, 2.75) is 18.9 Å². The van der Waals surface area contributed by atoms with Crippen LogP contribution in [-0.4, -0.2) is 29.4 Å². The van der Waals surface area contributed by atoms with Crippen molar-refractivity contribution >= 4 is 17.6 Å². The maximum atomic E-state index is 11.0. The lowest BCUT2D eigenvalue weighted by molar-refractivity contribution is -0.119. The zero-order chi connectivity index (χ0) is 12.3. The van der Waals surface area contributed by atoms with E-state index in [1.165, 1.54) is 6.20 Å². The summed E-state index contributed by atoms with van der Waals surface area (Å²) in [4.78, 5) is 25.9. The van der Waals surface area contributed by atoms with Crippen molar-refractivity contribution in [2.75, 3.05) is 11.9 Å². The summed E-state index contributed by atoms with van der Waals surface area (Å²) in [5.41, 5.74) is 5.49. The minimum atomic E-state index is -0.493. The molecule has 1 atom stereocenters. The number of nitrogens with zero attached hydrogens (tertiary/aromatic N) is 1. The lowest BCUT2D eigenvalue weighted by atomic mass is 10.2. The van der Waals surface area contributed by atoms with Gasteiger partial charge in [0.1, 0.15) is 5.82 Å². The molecule has 1 saturated heterocycles. The Morgan fingerprint density at radius 3 is 2.94 bits per heavy atom. The molecule has 1 aliphatic heterocycles. The van der Waals surface area contributed by atoms with Gasteiger partial charge in [-0.15, -0.1) is 0 Å². The summed E-state index contributed by atoms with van der Waals surface area (Å²) in [5, 5.41) is 5.95. The zero-order valence-electron chi connectivity index (χ0n) is 9.27. The van der Waals surface area contributed by atoms with Gasteiger partial charge in [-0.3, -0.25) is 9.59 Å². The van der Waals surface area contributed by atoms with Crippen molar-refractivity contribution < 1.29 is 9.59 Å². The molecule has 0 aliphatic carbocycles. The summed E-state index contributed by atoms with van der Waals surface area (Å²) in [7, 11) is 0. The quantitative estimate of drug-likeness (QED) is 0.676. The van der Waals surface area contributed by atoms with E-state index in [4.69, 9.17) is 5.73 Å². The molecule has 1 aliphatic rings. The number of hydrogen-bond acceptors (Lipinski definition) is 4. The number of amides is 2. The lowest BCUT2D eigenvalue weighted by Crippen LogP contribution is -2.31. The summed E-state index contributed by atoms with van der Waals surface area (Å²) in [6.07, 6.45) is 2.85. The van der Waals surface area contributed by atoms with E-state index in [2.05, 4.69) is 15.6 Å². The van der Waals surface area contributed by atoms with Gasteiger partial charge in [-0.1, -0.05) is 0 Å². The molecule has 1 aromatic heterocycles. The predicted molar refractivity (Wildman–Crippen MR) is 62.4 cm³/mol. The second-order valence-electron chi connectivity index (χ2n) is 3.98. The zero-order valence-corrected chi connectivity index (χ0v) is 9.27. The number of hydrogen-bond donors (Lipinski definition) is 3. The number of carbonyl (C=O) groups is 2. The van der Waals surface area contributed by atoms with Crippen LogP contribution in [0.2, 0.25) is 0 Å². The molecule has 0 saturated carbocycles. The van der Waals surface area contributed by atoms with E-state index in [0.29, 0.717) is 24.3 Å². The standard InChI is InChI=1S/C11H14N4O2/c12-11(17)7-1-3-9(13-5-7)14-6-8-2-4-10(16)15-8/h1,3,5,8H,2,4,6H2,(H2,12,17)(H,13,14)(H,15,16). The fourth-order valence-corrected chi connectivity index (χ4v) is 1.70. The molecule has 1 unspecified atom stereocenters. The SMILES string of the molecule is NC(=O)c1ccc(NCC2CCC(=O)N2)nc1. The van der Waals surface area contributed by atoms with Gasteiger partial charge in [-0.2, -0.15) is 0 Å². The Morgan fingerprint density at radius 1 is 1.59 bits per heavy atom. The highest BCUT2D eigenvalue weighted by atomic mass is 16.2. The van der Waals surface area contributed by atoms with Gasteiger partial charge in [-0.25, -0.2) is 4.98 Å². The molecule has 0 aromatic carbocycles. The summed E-state index contributed by atoms with van der Waals surface area (Å²) < 4.78 is 0. The van der Waals surface area contributed by atoms with E-state index >= 15 is 0 Å². The molecule has 6 heteroatoms. The monoisotopic (exact) mass is 234 g/mol. The van der Waals surface area contributed by atoms with Crippen molar-refractivity contribution in [3.8, 4) is 0 Å². The fourth-order valence-electron chi connectivity index (χ4n) is 1.70. The van der Waals surface area contributed by atoms with Crippen molar-refractivity contribution in [3.05, 3.63) is 23.9 Å². The van der Waals surface area contributed by atoms with Crippen LogP contribution in [0.5, 0.6) is 0 Å². The number of rotatable bonds is 4. The van der Waals surface area contributed by atoms with Gasteiger partial charge in [0.15, 0.2) is 0 Å². The molecule has 90 valence electrons. The molecule has 1 fully saturated rings. The van der Waals surface area contributed by atoms with Gasteiger partial charge in [0, 0.05) is 25.2 Å². The molecule has 0 spiro atoms. The third kappa shape index (κ3) is 2.93. The van der Waals surface area contributed by atoms with Gasteiger partial charge >= 0.3 is 0 Å². The van der Waals surface area contributed by atoms with Crippen LogP contribution >= 0.6 is 0 Å². The van der Waals surface area contributed by atoms with Crippen molar-refractivity contribution in [2.24, 2.45) is 5.73 Å². The first-order valence-electron chi connectivity index (χ1n) is 5.44. The number of anilines is 1. The Balaban J connectivity index is 1.87. The molecule has 0 bridgehead atoms. The molecule has 2 rings (SSSR count). The van der Waals surface area contributed by atoms with E-state index in [0.717, 1.165) is 6.42 Å². The number of aromatic nitrogens is 1. The summed E-state index contributed by atoms with van der Waals surface area (Å²) in [5.74, 6) is 0.261. The Kier molecular flexibility index (Phi) is 3.22. The molecule has 4 N–H and O–H groups in total. The van der Waals surface area contributed by atoms with Gasteiger partial charge in [-0.05, 0) is 18.6 Å². The minimum Gasteiger partial charge on any atom is -0.368 e. The van der Waals surface area contributed by atoms with Crippen molar-refractivity contribution in [1.29, 1.82) is 0 Å². The Bertz CT molecular complexity index is 430. The highest BCUT2D eigenvalue weighted by molar-refractivity contribution is 5.92. The highest BCUT2D eigenvalue weighted by Gasteiger charge is 2.20. The topological polar surface area (TPSA) is 97.1 Å². The normalized spacial score (nSPS) is 18.8. The molecule has 6 nitrogen and oxygen atoms in total. The summed E-state index contributed by atoms with van der Waals surface area (Å²) >= 11 is 0. The summed E-state index contributed by atoms with van der Waals surface area (Å²) in [6, 6.07) is 3.46. The second-order valence-corrected chi connectivity index (χ2v) is 3.98. The Hall–Kier alpha value is -2.11. The smallest absolute Gasteiger partial charge is 0.250 e. The molecule has 1 aromatic rings. The molecule has 17 heavy (non-hydrogen) atoms. The molecular weight excluding hydrogens is 220 g/mol. The predicted octanol–water partition coefficient (Wildman–Crippen LogP) is -0.129. The van der Waals surface area contributed by atoms with Crippen LogP contribution in [-0.2, 0) is 4.79 Å². The molecular formula is C11H14N4O2. The van der Waals surface area contributed by atoms with E-state index in [9.17, 15) is 9.59 Å². The van der Waals surface area contributed by atoms with Crippen LogP contribution in [0.25, 0.3) is 0 Å². The molecule has 0 radical (unpaired) electrons. The van der Waals surface area contributed by atoms with Crippen molar-refractivity contribution in [1.82, 2.24) is 10.3 Å². The highest BCUT2D eigenvalue weighted by Crippen LogP contribution is 2.09. The largest absolute Gasteiger partial charge is 0.368 e. The van der Waals surface area contributed by atoms with Gasteiger partial charge in [0.2, 0.25) is 11.8 Å². The van der Waals surface area contributed by atoms with Crippen LogP contribution in [0.15, 0.2) is 18.3 Å². The maximum absolute atomic E-state index is 11.0. The third-order valence-corrected chi connectivity index (χ3v) is 2.66. The Morgan fingerprint density at radius 2 is 2.41 bits per heavy atom. The van der Waals surface area contributed by atoms with Gasteiger partial charge in [0.25, 0.3) is 0 Å². The average molecular weight is 234 g/mol. The van der Waals surface area contributed by atoms with Crippen LogP contribution in [0, 0.1) is 0 Å². The van der Waals surface area contributed by atoms with Crippen LogP contribution < -0.4 is 16.4 Å². The van der Waals surface area contributed by atoms with Gasteiger partial charge in [0.05, 0.1) is 5.56 Å². The summed E-state index contributed by atoms with van der Waals surface area (Å²) in [6.45, 7) is 0.634. The number of nitrogens with one attached hydrogen (secondary N) is 2. The van der Waals surface area contributed by atoms with Crippen LogP contribution in [0.1, 0.15) is 23.2 Å². The average Bonchev–Trinajstić information content (AvgIpc) is 2.73. The lowest BCUT2D eigenvalue weighted by Gasteiger charge is -2.11. The number of nitrogens with two attached hydrogens (primary N) is 1. The van der Waals surface area contributed by atoms with Gasteiger partial charge < -0.3 is 16.4 Å². The second kappa shape index (κ2) is 4.82. The minimum absolute atomic E-state index is 0.0915. The van der Waals surface area contributed by atoms with E-state index in [1.807, 2.05) is 0 Å². The van der Waals surface area contributed by atoms with Crippen molar-refractivity contribution in [3.63, 3.8) is 0 Å². The first-order chi connectivity index (χ1) is 8.15. The first-order valence-corrected chi connectivity index (χ1v) is 5.44. The van der Waals surface area contributed by atoms with E-state index in [1.54, 1.807) is 12.1 Å². The number of carbonyl (C=O) groups excluding carboxylic acids is 2.